The molecule has 1 atom stereocenters. The molecule has 0 aliphatic rings. The molecular formula is C17H29N3O. The first kappa shape index (κ1) is 17.5. The second kappa shape index (κ2) is 8.67. The van der Waals surface area contributed by atoms with E-state index in [-0.39, 0.29) is 11.9 Å². The molecule has 0 aliphatic heterocycles. The number of likely N-dealkylation sites (N-methyl/N-ethyl adjacent to an activating group) is 1. The Morgan fingerprint density at radius 1 is 1.24 bits per heavy atom. The van der Waals surface area contributed by atoms with Crippen LogP contribution in [0.25, 0.3) is 0 Å². The van der Waals surface area contributed by atoms with Gasteiger partial charge in [0, 0.05) is 25.3 Å². The highest BCUT2D eigenvalue weighted by atomic mass is 16.2. The number of hydrogen-bond acceptors (Lipinski definition) is 3. The highest BCUT2D eigenvalue weighted by molar-refractivity contribution is 5.81. The van der Waals surface area contributed by atoms with E-state index in [9.17, 15) is 4.79 Å². The highest BCUT2D eigenvalue weighted by Crippen LogP contribution is 2.14. The molecule has 2 N–H and O–H groups in total. The Hall–Kier alpha value is -1.55. The molecule has 1 aromatic carbocycles. The zero-order chi connectivity index (χ0) is 15.8. The number of amides is 1. The van der Waals surface area contributed by atoms with Gasteiger partial charge in [-0.3, -0.25) is 9.69 Å². The third kappa shape index (κ3) is 5.05. The average Bonchev–Trinajstić information content (AvgIpc) is 2.47. The fraction of sp³-hybridized carbons (Fsp3) is 0.588. The van der Waals surface area contributed by atoms with E-state index >= 15 is 0 Å². The molecule has 4 heteroatoms. The molecule has 0 fully saturated rings. The second-order valence-corrected chi connectivity index (χ2v) is 5.40. The highest BCUT2D eigenvalue weighted by Gasteiger charge is 2.24. The average molecular weight is 291 g/mol. The molecule has 1 aromatic rings. The monoisotopic (exact) mass is 291 g/mol. The van der Waals surface area contributed by atoms with Crippen LogP contribution in [-0.4, -0.2) is 41.4 Å². The summed E-state index contributed by atoms with van der Waals surface area (Å²) >= 11 is 0. The van der Waals surface area contributed by atoms with E-state index in [1.54, 1.807) is 0 Å². The molecule has 0 radical (unpaired) electrons. The van der Waals surface area contributed by atoms with E-state index in [0.717, 1.165) is 43.9 Å². The van der Waals surface area contributed by atoms with Gasteiger partial charge in [0.1, 0.15) is 0 Å². The van der Waals surface area contributed by atoms with Crippen molar-refractivity contribution < 1.29 is 4.79 Å². The maximum Gasteiger partial charge on any atom is 0.239 e. The van der Waals surface area contributed by atoms with E-state index < -0.39 is 0 Å². The van der Waals surface area contributed by atoms with Crippen LogP contribution in [-0.2, 0) is 11.3 Å². The minimum Gasteiger partial charge on any atom is -0.399 e. The van der Waals surface area contributed by atoms with Crippen LogP contribution < -0.4 is 5.73 Å². The number of nitrogen functional groups attached to an aromatic ring is 1. The van der Waals surface area contributed by atoms with Crippen LogP contribution in [0.15, 0.2) is 24.3 Å². The third-order valence-electron chi connectivity index (χ3n) is 3.83. The molecule has 0 heterocycles. The van der Waals surface area contributed by atoms with Gasteiger partial charge in [0.25, 0.3) is 0 Å². The van der Waals surface area contributed by atoms with Gasteiger partial charge in [-0.25, -0.2) is 0 Å². The van der Waals surface area contributed by atoms with Crippen molar-refractivity contribution in [1.82, 2.24) is 9.80 Å². The maximum atomic E-state index is 12.5. The van der Waals surface area contributed by atoms with Crippen molar-refractivity contribution in [3.05, 3.63) is 29.8 Å². The Morgan fingerprint density at radius 3 is 2.43 bits per heavy atom. The smallest absolute Gasteiger partial charge is 0.239 e. The van der Waals surface area contributed by atoms with Crippen molar-refractivity contribution >= 4 is 11.6 Å². The van der Waals surface area contributed by atoms with E-state index in [1.807, 2.05) is 43.9 Å². The Morgan fingerprint density at radius 2 is 1.90 bits per heavy atom. The van der Waals surface area contributed by atoms with Gasteiger partial charge in [-0.05, 0) is 51.4 Å². The number of nitrogens with zero attached hydrogens (tertiary/aromatic N) is 2. The fourth-order valence-corrected chi connectivity index (χ4v) is 2.58. The van der Waals surface area contributed by atoms with Crippen LogP contribution in [0.2, 0.25) is 0 Å². The summed E-state index contributed by atoms with van der Waals surface area (Å²) in [5, 5.41) is 0. The lowest BCUT2D eigenvalue weighted by atomic mass is 10.1. The summed E-state index contributed by atoms with van der Waals surface area (Å²) in [6, 6.07) is 7.79. The molecule has 0 saturated heterocycles. The Kier molecular flexibility index (Phi) is 7.23. The number of hydrogen-bond donors (Lipinski definition) is 1. The van der Waals surface area contributed by atoms with Gasteiger partial charge in [0.2, 0.25) is 5.91 Å². The summed E-state index contributed by atoms with van der Waals surface area (Å²) < 4.78 is 0. The van der Waals surface area contributed by atoms with Gasteiger partial charge < -0.3 is 10.6 Å². The quantitative estimate of drug-likeness (QED) is 0.749. The standard InChI is InChI=1S/C17H29N3O/c1-5-11-20(13-15-9-8-10-16(18)12-15)14(4)17(21)19(6-2)7-3/h8-10,12,14H,5-7,11,13,18H2,1-4H3. The Bertz CT molecular complexity index is 443. The normalized spacial score (nSPS) is 12.4. The predicted molar refractivity (Wildman–Crippen MR) is 88.9 cm³/mol. The van der Waals surface area contributed by atoms with Crippen molar-refractivity contribution in [3.8, 4) is 0 Å². The molecule has 0 spiro atoms. The predicted octanol–water partition coefficient (Wildman–Crippen LogP) is 2.74. The van der Waals surface area contributed by atoms with Crippen molar-refractivity contribution in [2.75, 3.05) is 25.4 Å². The molecule has 0 saturated carbocycles. The Labute approximate surface area is 128 Å². The summed E-state index contributed by atoms with van der Waals surface area (Å²) in [6.45, 7) is 11.4. The summed E-state index contributed by atoms with van der Waals surface area (Å²) in [5.41, 5.74) is 7.77. The lowest BCUT2D eigenvalue weighted by Crippen LogP contribution is -2.47. The minimum absolute atomic E-state index is 0.105. The maximum absolute atomic E-state index is 12.5. The van der Waals surface area contributed by atoms with Crippen LogP contribution >= 0.6 is 0 Å². The summed E-state index contributed by atoms with van der Waals surface area (Å²) in [4.78, 5) is 16.7. The van der Waals surface area contributed by atoms with Crippen molar-refractivity contribution in [2.45, 2.75) is 46.7 Å². The number of carbonyl (C=O) groups excluding carboxylic acids is 1. The van der Waals surface area contributed by atoms with Crippen LogP contribution in [0, 0.1) is 0 Å². The molecule has 0 aromatic heterocycles. The molecule has 0 bridgehead atoms. The first-order valence-corrected chi connectivity index (χ1v) is 7.90. The van der Waals surface area contributed by atoms with Gasteiger partial charge >= 0.3 is 0 Å². The molecule has 1 rings (SSSR count). The van der Waals surface area contributed by atoms with E-state index in [0.29, 0.717) is 0 Å². The zero-order valence-corrected chi connectivity index (χ0v) is 13.8. The number of benzene rings is 1. The Balaban J connectivity index is 2.82. The SMILES string of the molecule is CCCN(Cc1cccc(N)c1)C(C)C(=O)N(CC)CC. The molecule has 21 heavy (non-hydrogen) atoms. The molecule has 1 unspecified atom stereocenters. The van der Waals surface area contributed by atoms with Crippen LogP contribution in [0.5, 0.6) is 0 Å². The van der Waals surface area contributed by atoms with E-state index in [4.69, 9.17) is 5.73 Å². The third-order valence-corrected chi connectivity index (χ3v) is 3.83. The number of nitrogens with two attached hydrogens (primary N) is 1. The van der Waals surface area contributed by atoms with E-state index in [2.05, 4.69) is 17.9 Å². The van der Waals surface area contributed by atoms with Gasteiger partial charge in [0.05, 0.1) is 6.04 Å². The lowest BCUT2D eigenvalue weighted by molar-refractivity contribution is -0.136. The van der Waals surface area contributed by atoms with Crippen LogP contribution in [0.4, 0.5) is 5.69 Å². The largest absolute Gasteiger partial charge is 0.399 e. The minimum atomic E-state index is -0.105. The number of rotatable bonds is 8. The molecular weight excluding hydrogens is 262 g/mol. The molecule has 4 nitrogen and oxygen atoms in total. The topological polar surface area (TPSA) is 49.6 Å². The van der Waals surface area contributed by atoms with Crippen molar-refractivity contribution in [2.24, 2.45) is 0 Å². The summed E-state index contributed by atoms with van der Waals surface area (Å²) in [5.74, 6) is 0.206. The number of anilines is 1. The van der Waals surface area contributed by atoms with Crippen LogP contribution in [0.3, 0.4) is 0 Å². The van der Waals surface area contributed by atoms with Crippen molar-refractivity contribution in [1.29, 1.82) is 0 Å². The lowest BCUT2D eigenvalue weighted by Gasteiger charge is -2.32. The first-order chi connectivity index (χ1) is 10.0. The molecule has 0 aliphatic carbocycles. The molecule has 1 amide bonds. The zero-order valence-electron chi connectivity index (χ0n) is 13.8. The van der Waals surface area contributed by atoms with Gasteiger partial charge in [-0.2, -0.15) is 0 Å². The summed E-state index contributed by atoms with van der Waals surface area (Å²) in [6.07, 6.45) is 1.03. The van der Waals surface area contributed by atoms with E-state index in [1.165, 1.54) is 0 Å². The number of carbonyl (C=O) groups is 1. The summed E-state index contributed by atoms with van der Waals surface area (Å²) in [7, 11) is 0. The van der Waals surface area contributed by atoms with Crippen LogP contribution in [0.1, 0.15) is 39.7 Å². The fourth-order valence-electron chi connectivity index (χ4n) is 2.58. The second-order valence-electron chi connectivity index (χ2n) is 5.40. The van der Waals surface area contributed by atoms with Gasteiger partial charge in [0.15, 0.2) is 0 Å². The van der Waals surface area contributed by atoms with Crippen molar-refractivity contribution in [3.63, 3.8) is 0 Å². The van der Waals surface area contributed by atoms with Gasteiger partial charge in [-0.15, -0.1) is 0 Å². The van der Waals surface area contributed by atoms with Gasteiger partial charge in [-0.1, -0.05) is 19.1 Å². The first-order valence-electron chi connectivity index (χ1n) is 7.90. The molecule has 118 valence electrons.